The molecule has 0 radical (unpaired) electrons. The third kappa shape index (κ3) is 4.80. The van der Waals surface area contributed by atoms with Crippen LogP contribution in [0, 0.1) is 0 Å². The first-order chi connectivity index (χ1) is 7.18. The molecule has 0 saturated carbocycles. The van der Waals surface area contributed by atoms with Crippen molar-refractivity contribution >= 4 is 5.91 Å². The zero-order chi connectivity index (χ0) is 12.4. The van der Waals surface area contributed by atoms with Gasteiger partial charge < -0.3 is 14.8 Å². The lowest BCUT2D eigenvalue weighted by atomic mass is 10.3. The van der Waals surface area contributed by atoms with E-state index in [1.165, 1.54) is 0 Å². The Morgan fingerprint density at radius 1 is 1.50 bits per heavy atom. The van der Waals surface area contributed by atoms with Crippen molar-refractivity contribution < 1.29 is 27.4 Å². The van der Waals surface area contributed by atoms with E-state index >= 15 is 0 Å². The van der Waals surface area contributed by atoms with Crippen LogP contribution in [-0.2, 0) is 14.3 Å². The fraction of sp³-hybridized carbons (Fsp3) is 0.889. The van der Waals surface area contributed by atoms with Gasteiger partial charge in [0.25, 0.3) is 0 Å². The number of rotatable bonds is 3. The molecule has 1 atom stereocenters. The Morgan fingerprint density at radius 3 is 2.56 bits per heavy atom. The summed E-state index contributed by atoms with van der Waals surface area (Å²) in [6.07, 6.45) is -6.34. The molecule has 94 valence electrons. The Labute approximate surface area is 91.1 Å². The maximum absolute atomic E-state index is 11.8. The van der Waals surface area contributed by atoms with Crippen molar-refractivity contribution in [3.63, 3.8) is 0 Å². The minimum Gasteiger partial charge on any atom is -0.353 e. The molecule has 4 nitrogen and oxygen atoms in total. The van der Waals surface area contributed by atoms with Gasteiger partial charge in [-0.1, -0.05) is 0 Å². The van der Waals surface area contributed by atoms with Gasteiger partial charge in [-0.3, -0.25) is 4.79 Å². The number of nitrogens with one attached hydrogen (secondary N) is 1. The average Bonchev–Trinajstić information content (AvgIpc) is 2.39. The molecule has 0 aliphatic carbocycles. The molecular formula is C9H14F3NO3. The van der Waals surface area contributed by atoms with Crippen LogP contribution in [-0.4, -0.2) is 37.1 Å². The van der Waals surface area contributed by atoms with Crippen molar-refractivity contribution in [1.29, 1.82) is 0 Å². The largest absolute Gasteiger partial charge is 0.397 e. The quantitative estimate of drug-likeness (QED) is 0.807. The normalized spacial score (nSPS) is 24.4. The maximum Gasteiger partial charge on any atom is 0.397 e. The molecule has 0 spiro atoms. The summed E-state index contributed by atoms with van der Waals surface area (Å²) in [6.45, 7) is 3.69. The summed E-state index contributed by atoms with van der Waals surface area (Å²) in [5.41, 5.74) is 0. The first kappa shape index (κ1) is 13.2. The van der Waals surface area contributed by atoms with Crippen LogP contribution in [0.2, 0.25) is 0 Å². The van der Waals surface area contributed by atoms with Crippen LogP contribution in [0.1, 0.15) is 20.3 Å². The smallest absolute Gasteiger partial charge is 0.353 e. The average molecular weight is 241 g/mol. The van der Waals surface area contributed by atoms with E-state index < -0.39 is 30.4 Å². The fourth-order valence-electron chi connectivity index (χ4n) is 1.34. The van der Waals surface area contributed by atoms with E-state index in [0.717, 1.165) is 0 Å². The molecule has 1 heterocycles. The van der Waals surface area contributed by atoms with Gasteiger partial charge in [0, 0.05) is 6.54 Å². The molecule has 1 rings (SSSR count). The Morgan fingerprint density at radius 2 is 2.12 bits per heavy atom. The van der Waals surface area contributed by atoms with E-state index in [4.69, 9.17) is 9.47 Å². The van der Waals surface area contributed by atoms with Crippen molar-refractivity contribution in [3.05, 3.63) is 0 Å². The van der Waals surface area contributed by atoms with Gasteiger partial charge in [0.2, 0.25) is 5.91 Å². The molecule has 0 aromatic rings. The number of hydrogen-bond acceptors (Lipinski definition) is 3. The summed E-state index contributed by atoms with van der Waals surface area (Å²) in [4.78, 5) is 10.8. The van der Waals surface area contributed by atoms with E-state index in [1.54, 1.807) is 13.8 Å². The lowest BCUT2D eigenvalue weighted by molar-refractivity contribution is -0.155. The first-order valence-corrected chi connectivity index (χ1v) is 4.83. The predicted octanol–water partition coefficient (Wildman–Crippen LogP) is 1.21. The minimum atomic E-state index is -4.48. The summed E-state index contributed by atoms with van der Waals surface area (Å²) in [5, 5.41) is 2.15. The number of amides is 1. The Bertz CT molecular complexity index is 265. The maximum atomic E-state index is 11.8. The van der Waals surface area contributed by atoms with Crippen molar-refractivity contribution in [3.8, 4) is 0 Å². The molecule has 1 unspecified atom stereocenters. The lowest BCUT2D eigenvalue weighted by Gasteiger charge is -2.17. The molecule has 1 saturated heterocycles. The molecular weight excluding hydrogens is 227 g/mol. The lowest BCUT2D eigenvalue weighted by Crippen LogP contribution is -2.36. The Hall–Kier alpha value is -0.820. The van der Waals surface area contributed by atoms with E-state index in [9.17, 15) is 18.0 Å². The second-order valence-corrected chi connectivity index (χ2v) is 4.05. The van der Waals surface area contributed by atoms with Crippen LogP contribution in [0.25, 0.3) is 0 Å². The number of hydrogen-bond donors (Lipinski definition) is 1. The zero-order valence-electron chi connectivity index (χ0n) is 9.06. The van der Waals surface area contributed by atoms with E-state index in [1.807, 2.05) is 0 Å². The van der Waals surface area contributed by atoms with E-state index in [-0.39, 0.29) is 13.2 Å². The second-order valence-electron chi connectivity index (χ2n) is 4.05. The van der Waals surface area contributed by atoms with Gasteiger partial charge in [-0.15, -0.1) is 0 Å². The van der Waals surface area contributed by atoms with Gasteiger partial charge in [0.15, 0.2) is 5.79 Å². The molecule has 1 amide bonds. The van der Waals surface area contributed by atoms with Crippen molar-refractivity contribution in [2.24, 2.45) is 0 Å². The molecule has 1 N–H and O–H groups in total. The highest BCUT2D eigenvalue weighted by Crippen LogP contribution is 2.22. The molecule has 16 heavy (non-hydrogen) atoms. The summed E-state index contributed by atoms with van der Waals surface area (Å²) in [6, 6.07) is 0. The van der Waals surface area contributed by atoms with Crippen LogP contribution in [0.4, 0.5) is 13.2 Å². The summed E-state index contributed by atoms with van der Waals surface area (Å²) in [7, 11) is 0. The van der Waals surface area contributed by atoms with Gasteiger partial charge in [0.1, 0.15) is 12.5 Å². The second kappa shape index (κ2) is 4.58. The van der Waals surface area contributed by atoms with Crippen LogP contribution >= 0.6 is 0 Å². The van der Waals surface area contributed by atoms with Gasteiger partial charge in [-0.05, 0) is 13.8 Å². The highest BCUT2D eigenvalue weighted by Gasteiger charge is 2.34. The van der Waals surface area contributed by atoms with Crippen LogP contribution in [0.15, 0.2) is 0 Å². The number of carbonyl (C=O) groups excluding carboxylic acids is 1. The molecule has 1 fully saturated rings. The van der Waals surface area contributed by atoms with Crippen molar-refractivity contribution in [1.82, 2.24) is 5.32 Å². The van der Waals surface area contributed by atoms with Gasteiger partial charge in [-0.25, -0.2) is 0 Å². The van der Waals surface area contributed by atoms with E-state index in [0.29, 0.717) is 0 Å². The van der Waals surface area contributed by atoms with Gasteiger partial charge >= 0.3 is 6.18 Å². The molecule has 1 aliphatic heterocycles. The Balaban J connectivity index is 2.23. The zero-order valence-corrected chi connectivity index (χ0v) is 9.06. The van der Waals surface area contributed by atoms with Crippen LogP contribution in [0.3, 0.4) is 0 Å². The van der Waals surface area contributed by atoms with Crippen LogP contribution < -0.4 is 5.32 Å². The predicted molar refractivity (Wildman–Crippen MR) is 48.6 cm³/mol. The molecule has 0 aromatic carbocycles. The SMILES string of the molecule is CC1(C)OCC(CNC(=O)CC(F)(F)F)O1. The summed E-state index contributed by atoms with van der Waals surface area (Å²) >= 11 is 0. The van der Waals surface area contributed by atoms with Crippen molar-refractivity contribution in [2.75, 3.05) is 13.2 Å². The first-order valence-electron chi connectivity index (χ1n) is 4.83. The third-order valence-corrected chi connectivity index (χ3v) is 1.96. The molecule has 1 aliphatic rings. The monoisotopic (exact) mass is 241 g/mol. The topological polar surface area (TPSA) is 47.6 Å². The standard InChI is InChI=1S/C9H14F3NO3/c1-8(2)15-5-6(16-8)4-13-7(14)3-9(10,11)12/h6H,3-5H2,1-2H3,(H,13,14). The fourth-order valence-corrected chi connectivity index (χ4v) is 1.34. The minimum absolute atomic E-state index is 0.0261. The summed E-state index contributed by atoms with van der Waals surface area (Å²) < 4.78 is 45.9. The third-order valence-electron chi connectivity index (χ3n) is 1.96. The van der Waals surface area contributed by atoms with Crippen molar-refractivity contribution in [2.45, 2.75) is 38.3 Å². The molecule has 0 bridgehead atoms. The number of carbonyl (C=O) groups is 1. The molecule has 0 aromatic heterocycles. The molecule has 7 heteroatoms. The number of halogens is 3. The Kier molecular flexibility index (Phi) is 3.80. The van der Waals surface area contributed by atoms with Gasteiger partial charge in [-0.2, -0.15) is 13.2 Å². The van der Waals surface area contributed by atoms with Gasteiger partial charge in [0.05, 0.1) is 6.61 Å². The van der Waals surface area contributed by atoms with E-state index in [2.05, 4.69) is 5.32 Å². The number of alkyl halides is 3. The highest BCUT2D eigenvalue weighted by atomic mass is 19.4. The summed E-state index contributed by atoms with van der Waals surface area (Å²) in [5.74, 6) is -1.79. The number of ether oxygens (including phenoxy) is 2. The highest BCUT2D eigenvalue weighted by molar-refractivity contribution is 5.76. The van der Waals surface area contributed by atoms with Crippen LogP contribution in [0.5, 0.6) is 0 Å².